The topological polar surface area (TPSA) is 95.5 Å². The van der Waals surface area contributed by atoms with E-state index in [0.717, 1.165) is 4.90 Å². The van der Waals surface area contributed by atoms with Gasteiger partial charge in [0.25, 0.3) is 5.69 Å². The Labute approximate surface area is 125 Å². The van der Waals surface area contributed by atoms with Crippen LogP contribution in [0, 0.1) is 10.1 Å². The maximum Gasteiger partial charge on any atom is 0.284 e. The predicted molar refractivity (Wildman–Crippen MR) is 78.7 cm³/mol. The first-order chi connectivity index (χ1) is 10.0. The van der Waals surface area contributed by atoms with Crippen LogP contribution in [0.4, 0.5) is 5.69 Å². The average Bonchev–Trinajstić information content (AvgIpc) is 2.48. The fourth-order valence-corrected chi connectivity index (χ4v) is 2.57. The molecule has 0 bridgehead atoms. The monoisotopic (exact) mass is 304 g/mol. The first-order valence-corrected chi connectivity index (χ1v) is 6.73. The molecule has 0 aliphatic carbocycles. The quantitative estimate of drug-likeness (QED) is 0.677. The van der Waals surface area contributed by atoms with Gasteiger partial charge in [0.15, 0.2) is 0 Å². The summed E-state index contributed by atoms with van der Waals surface area (Å²) in [6, 6.07) is 11.3. The van der Waals surface area contributed by atoms with Crippen molar-refractivity contribution < 1.29 is 14.5 Å². The number of hydrogen-bond donors (Lipinski definition) is 1. The molecule has 0 aliphatic heterocycles. The minimum atomic E-state index is -0.695. The molecule has 0 radical (unpaired) electrons. The van der Waals surface area contributed by atoms with Gasteiger partial charge in [-0.25, -0.2) is 0 Å². The molecule has 21 heavy (non-hydrogen) atoms. The van der Waals surface area contributed by atoms with Gasteiger partial charge < -0.3 is 10.5 Å². The Morgan fingerprint density at radius 2 is 1.90 bits per heavy atom. The van der Waals surface area contributed by atoms with Gasteiger partial charge in [-0.15, -0.1) is 0 Å². The van der Waals surface area contributed by atoms with Crippen LogP contribution in [-0.2, 0) is 0 Å². The third-order valence-corrected chi connectivity index (χ3v) is 3.80. The van der Waals surface area contributed by atoms with Crippen LogP contribution in [0.5, 0.6) is 5.75 Å². The molecule has 2 N–H and O–H groups in total. The fourth-order valence-electron chi connectivity index (χ4n) is 1.67. The molecule has 2 rings (SSSR count). The minimum Gasteiger partial charge on any atom is -0.497 e. The molecule has 0 aromatic heterocycles. The number of nitro groups is 1. The maximum absolute atomic E-state index is 11.1. The summed E-state index contributed by atoms with van der Waals surface area (Å²) < 4.78 is 5.05. The highest BCUT2D eigenvalue weighted by molar-refractivity contribution is 7.99. The van der Waals surface area contributed by atoms with Crippen LogP contribution >= 0.6 is 11.8 Å². The molecule has 2 aromatic carbocycles. The summed E-state index contributed by atoms with van der Waals surface area (Å²) in [5.74, 6) is 0.0111. The Bertz CT molecular complexity index is 686. The van der Waals surface area contributed by atoms with E-state index in [1.165, 1.54) is 30.0 Å². The third-order valence-electron chi connectivity index (χ3n) is 2.73. The molecule has 0 saturated carbocycles. The fraction of sp³-hybridized carbons (Fsp3) is 0.0714. The number of nitro benzene ring substituents is 1. The molecule has 0 atom stereocenters. The standard InChI is InChI=1S/C14H12N2O4S/c1-20-10-3-5-11(6-4-10)21-13-7-2-9(14(15)17)8-12(13)16(18)19/h2-8H,1H3,(H2,15,17). The van der Waals surface area contributed by atoms with Crippen molar-refractivity contribution in [2.75, 3.05) is 7.11 Å². The summed E-state index contributed by atoms with van der Waals surface area (Å²) in [6.07, 6.45) is 0. The number of rotatable bonds is 5. The molecular formula is C14H12N2O4S. The van der Waals surface area contributed by atoms with Crippen molar-refractivity contribution in [3.05, 3.63) is 58.1 Å². The Morgan fingerprint density at radius 3 is 2.43 bits per heavy atom. The van der Waals surface area contributed by atoms with E-state index in [0.29, 0.717) is 10.6 Å². The number of carbonyl (C=O) groups excluding carboxylic acids is 1. The summed E-state index contributed by atoms with van der Waals surface area (Å²) in [4.78, 5) is 22.9. The molecule has 2 aromatic rings. The molecule has 0 aliphatic rings. The van der Waals surface area contributed by atoms with Crippen molar-refractivity contribution in [3.63, 3.8) is 0 Å². The number of nitrogens with two attached hydrogens (primary N) is 1. The number of nitrogens with zero attached hydrogens (tertiary/aromatic N) is 1. The summed E-state index contributed by atoms with van der Waals surface area (Å²) in [5, 5.41) is 11.1. The van der Waals surface area contributed by atoms with Crippen molar-refractivity contribution in [2.24, 2.45) is 5.73 Å². The van der Waals surface area contributed by atoms with Gasteiger partial charge in [0.2, 0.25) is 5.91 Å². The smallest absolute Gasteiger partial charge is 0.284 e. The molecule has 0 fully saturated rings. The normalized spacial score (nSPS) is 10.1. The van der Waals surface area contributed by atoms with Crippen molar-refractivity contribution in [3.8, 4) is 5.75 Å². The second-order valence-electron chi connectivity index (χ2n) is 4.08. The van der Waals surface area contributed by atoms with Crippen LogP contribution in [0.2, 0.25) is 0 Å². The Hall–Kier alpha value is -2.54. The van der Waals surface area contributed by atoms with Gasteiger partial charge in [0.05, 0.1) is 16.9 Å². The number of carbonyl (C=O) groups is 1. The molecule has 7 heteroatoms. The van der Waals surface area contributed by atoms with E-state index < -0.39 is 10.8 Å². The van der Waals surface area contributed by atoms with Crippen LogP contribution in [0.25, 0.3) is 0 Å². The van der Waals surface area contributed by atoms with Gasteiger partial charge in [0, 0.05) is 16.5 Å². The van der Waals surface area contributed by atoms with Gasteiger partial charge in [-0.3, -0.25) is 14.9 Å². The second kappa shape index (κ2) is 6.27. The van der Waals surface area contributed by atoms with E-state index in [1.54, 1.807) is 31.4 Å². The molecule has 1 amide bonds. The predicted octanol–water partition coefficient (Wildman–Crippen LogP) is 2.85. The van der Waals surface area contributed by atoms with Gasteiger partial charge in [-0.2, -0.15) is 0 Å². The van der Waals surface area contributed by atoms with E-state index in [2.05, 4.69) is 0 Å². The lowest BCUT2D eigenvalue weighted by molar-refractivity contribution is -0.387. The van der Waals surface area contributed by atoms with Crippen LogP contribution in [-0.4, -0.2) is 17.9 Å². The molecule has 0 heterocycles. The van der Waals surface area contributed by atoms with Crippen LogP contribution < -0.4 is 10.5 Å². The van der Waals surface area contributed by atoms with E-state index >= 15 is 0 Å². The minimum absolute atomic E-state index is 0.112. The average molecular weight is 304 g/mol. The van der Waals surface area contributed by atoms with Gasteiger partial charge in [-0.05, 0) is 36.4 Å². The molecule has 0 spiro atoms. The molecule has 0 saturated heterocycles. The first kappa shape index (κ1) is 14.9. The highest BCUT2D eigenvalue weighted by atomic mass is 32.2. The van der Waals surface area contributed by atoms with Crippen molar-refractivity contribution in [1.82, 2.24) is 0 Å². The van der Waals surface area contributed by atoms with Crippen molar-refractivity contribution in [2.45, 2.75) is 9.79 Å². The van der Waals surface area contributed by atoms with E-state index in [4.69, 9.17) is 10.5 Å². The Kier molecular flexibility index (Phi) is 4.44. The summed E-state index contributed by atoms with van der Waals surface area (Å²) >= 11 is 1.23. The van der Waals surface area contributed by atoms with Crippen LogP contribution in [0.1, 0.15) is 10.4 Å². The highest BCUT2D eigenvalue weighted by Crippen LogP contribution is 2.35. The molecular weight excluding hydrogens is 292 g/mol. The summed E-state index contributed by atoms with van der Waals surface area (Å²) in [7, 11) is 1.57. The Morgan fingerprint density at radius 1 is 1.24 bits per heavy atom. The lowest BCUT2D eigenvalue weighted by atomic mass is 10.2. The number of amides is 1. The highest BCUT2D eigenvalue weighted by Gasteiger charge is 2.17. The van der Waals surface area contributed by atoms with Gasteiger partial charge in [0.1, 0.15) is 5.75 Å². The lowest BCUT2D eigenvalue weighted by Crippen LogP contribution is -2.11. The number of methoxy groups -OCH3 is 1. The first-order valence-electron chi connectivity index (χ1n) is 5.91. The molecule has 0 unspecified atom stereocenters. The third kappa shape index (κ3) is 3.51. The van der Waals surface area contributed by atoms with Gasteiger partial charge >= 0.3 is 0 Å². The lowest BCUT2D eigenvalue weighted by Gasteiger charge is -2.05. The van der Waals surface area contributed by atoms with Crippen molar-refractivity contribution >= 4 is 23.4 Å². The van der Waals surface area contributed by atoms with E-state index in [9.17, 15) is 14.9 Å². The van der Waals surface area contributed by atoms with E-state index in [1.807, 2.05) is 0 Å². The summed E-state index contributed by atoms with van der Waals surface area (Å²) in [6.45, 7) is 0. The van der Waals surface area contributed by atoms with Gasteiger partial charge in [-0.1, -0.05) is 11.8 Å². The Balaban J connectivity index is 2.34. The van der Waals surface area contributed by atoms with Crippen LogP contribution in [0.15, 0.2) is 52.3 Å². The number of ether oxygens (including phenoxy) is 1. The van der Waals surface area contributed by atoms with Crippen molar-refractivity contribution in [1.29, 1.82) is 0 Å². The number of primary amides is 1. The molecule has 6 nitrogen and oxygen atoms in total. The number of benzene rings is 2. The number of hydrogen-bond acceptors (Lipinski definition) is 5. The molecule has 108 valence electrons. The largest absolute Gasteiger partial charge is 0.497 e. The zero-order chi connectivity index (χ0) is 15.4. The maximum atomic E-state index is 11.1. The SMILES string of the molecule is COc1ccc(Sc2ccc(C(N)=O)cc2[N+](=O)[O-])cc1. The van der Waals surface area contributed by atoms with Crippen LogP contribution in [0.3, 0.4) is 0 Å². The van der Waals surface area contributed by atoms with E-state index in [-0.39, 0.29) is 11.3 Å². The summed E-state index contributed by atoms with van der Waals surface area (Å²) in [5.41, 5.74) is 5.10. The zero-order valence-corrected chi connectivity index (χ0v) is 11.9. The zero-order valence-electron chi connectivity index (χ0n) is 11.1. The second-order valence-corrected chi connectivity index (χ2v) is 5.20.